The molecule has 3 rings (SSSR count). The Morgan fingerprint density at radius 1 is 1.24 bits per heavy atom. The van der Waals surface area contributed by atoms with Crippen molar-refractivity contribution in [3.8, 4) is 5.75 Å². The molecule has 0 spiro atoms. The minimum absolute atomic E-state index is 0.111. The van der Waals surface area contributed by atoms with E-state index in [1.54, 1.807) is 14.2 Å². The molecule has 6 nitrogen and oxygen atoms in total. The zero-order chi connectivity index (χ0) is 20.5. The van der Waals surface area contributed by atoms with Gasteiger partial charge in [0.25, 0.3) is 0 Å². The Kier molecular flexibility index (Phi) is 8.14. The minimum atomic E-state index is 0.111. The largest absolute Gasteiger partial charge is 0.497 e. The summed E-state index contributed by atoms with van der Waals surface area (Å²) >= 11 is 0. The SMILES string of the molecule is COCc1ccc(CN2CCC[C@@H](CCC(=O)NCc3cccc(OC)c3)C2)o1. The van der Waals surface area contributed by atoms with Gasteiger partial charge in [0, 0.05) is 26.6 Å². The fourth-order valence-corrected chi connectivity index (χ4v) is 3.88. The zero-order valence-electron chi connectivity index (χ0n) is 17.5. The van der Waals surface area contributed by atoms with Crippen LogP contribution in [0.4, 0.5) is 0 Å². The van der Waals surface area contributed by atoms with Gasteiger partial charge < -0.3 is 19.2 Å². The summed E-state index contributed by atoms with van der Waals surface area (Å²) in [4.78, 5) is 14.7. The molecular weight excluding hydrogens is 368 g/mol. The van der Waals surface area contributed by atoms with Gasteiger partial charge in [0.1, 0.15) is 23.9 Å². The van der Waals surface area contributed by atoms with Crippen LogP contribution in [0.5, 0.6) is 5.75 Å². The van der Waals surface area contributed by atoms with Gasteiger partial charge in [0.2, 0.25) is 5.91 Å². The van der Waals surface area contributed by atoms with Gasteiger partial charge in [-0.25, -0.2) is 0 Å². The van der Waals surface area contributed by atoms with E-state index >= 15 is 0 Å². The highest BCUT2D eigenvalue weighted by Crippen LogP contribution is 2.23. The van der Waals surface area contributed by atoms with Gasteiger partial charge in [0.05, 0.1) is 13.7 Å². The van der Waals surface area contributed by atoms with Crippen molar-refractivity contribution < 1.29 is 18.7 Å². The fraction of sp³-hybridized carbons (Fsp3) is 0.522. The van der Waals surface area contributed by atoms with E-state index in [1.165, 1.54) is 12.8 Å². The molecule has 6 heteroatoms. The van der Waals surface area contributed by atoms with Crippen molar-refractivity contribution in [1.82, 2.24) is 10.2 Å². The fourth-order valence-electron chi connectivity index (χ4n) is 3.88. The van der Waals surface area contributed by atoms with Crippen molar-refractivity contribution in [1.29, 1.82) is 0 Å². The highest BCUT2D eigenvalue weighted by molar-refractivity contribution is 5.75. The second-order valence-corrected chi connectivity index (χ2v) is 7.71. The average Bonchev–Trinajstić information content (AvgIpc) is 3.18. The summed E-state index contributed by atoms with van der Waals surface area (Å²) in [6, 6.07) is 11.8. The van der Waals surface area contributed by atoms with E-state index in [2.05, 4.69) is 10.2 Å². The number of furan rings is 1. The second kappa shape index (κ2) is 11.0. The Bertz CT molecular complexity index is 774. The molecule has 1 aromatic carbocycles. The van der Waals surface area contributed by atoms with E-state index in [0.29, 0.717) is 25.5 Å². The summed E-state index contributed by atoms with van der Waals surface area (Å²) in [7, 11) is 3.32. The molecule has 1 fully saturated rings. The van der Waals surface area contributed by atoms with Gasteiger partial charge >= 0.3 is 0 Å². The van der Waals surface area contributed by atoms with E-state index < -0.39 is 0 Å². The van der Waals surface area contributed by atoms with Gasteiger partial charge in [0.15, 0.2) is 0 Å². The van der Waals surface area contributed by atoms with Crippen LogP contribution in [-0.4, -0.2) is 38.1 Å². The molecule has 1 saturated heterocycles. The number of piperidine rings is 1. The Morgan fingerprint density at radius 2 is 2.10 bits per heavy atom. The Hall–Kier alpha value is -2.31. The number of likely N-dealkylation sites (tertiary alicyclic amines) is 1. The number of nitrogens with zero attached hydrogens (tertiary/aromatic N) is 1. The zero-order valence-corrected chi connectivity index (χ0v) is 17.5. The maximum Gasteiger partial charge on any atom is 0.220 e. The number of carbonyl (C=O) groups is 1. The molecule has 1 atom stereocenters. The van der Waals surface area contributed by atoms with Crippen LogP contribution in [0.3, 0.4) is 0 Å². The topological polar surface area (TPSA) is 63.9 Å². The molecule has 1 aromatic heterocycles. The summed E-state index contributed by atoms with van der Waals surface area (Å²) in [5.41, 5.74) is 1.05. The van der Waals surface area contributed by atoms with Crippen molar-refractivity contribution >= 4 is 5.91 Å². The predicted molar refractivity (Wildman–Crippen MR) is 111 cm³/mol. The average molecular weight is 401 g/mol. The molecule has 0 unspecified atom stereocenters. The van der Waals surface area contributed by atoms with Crippen LogP contribution in [0.2, 0.25) is 0 Å². The number of methoxy groups -OCH3 is 2. The number of carbonyl (C=O) groups excluding carboxylic acids is 1. The van der Waals surface area contributed by atoms with Crippen LogP contribution >= 0.6 is 0 Å². The number of benzene rings is 1. The van der Waals surface area contributed by atoms with Crippen molar-refractivity contribution in [3.05, 3.63) is 53.5 Å². The Labute approximate surface area is 173 Å². The van der Waals surface area contributed by atoms with Crippen molar-refractivity contribution in [3.63, 3.8) is 0 Å². The first kappa shape index (κ1) is 21.4. The number of hydrogen-bond acceptors (Lipinski definition) is 5. The highest BCUT2D eigenvalue weighted by Gasteiger charge is 2.21. The van der Waals surface area contributed by atoms with E-state index in [0.717, 1.165) is 48.9 Å². The Balaban J connectivity index is 1.38. The third-order valence-electron chi connectivity index (χ3n) is 5.39. The molecule has 2 aromatic rings. The minimum Gasteiger partial charge on any atom is -0.497 e. The van der Waals surface area contributed by atoms with Crippen molar-refractivity contribution in [2.45, 2.75) is 45.4 Å². The molecule has 0 aliphatic carbocycles. The summed E-state index contributed by atoms with van der Waals surface area (Å²) < 4.78 is 16.1. The highest BCUT2D eigenvalue weighted by atomic mass is 16.5. The molecular formula is C23H32N2O4. The summed E-state index contributed by atoms with van der Waals surface area (Å²) in [5.74, 6) is 3.32. The monoisotopic (exact) mass is 400 g/mol. The molecule has 0 radical (unpaired) electrons. The smallest absolute Gasteiger partial charge is 0.220 e. The first-order valence-electron chi connectivity index (χ1n) is 10.3. The molecule has 0 saturated carbocycles. The molecule has 158 valence electrons. The maximum absolute atomic E-state index is 12.3. The molecule has 1 aliphatic heterocycles. The van der Waals surface area contributed by atoms with Gasteiger partial charge in [-0.05, 0) is 61.6 Å². The standard InChI is InChI=1S/C23H32N2O4/c1-27-17-22-10-9-21(29-22)16-25-12-4-6-18(15-25)8-11-23(26)24-14-19-5-3-7-20(13-19)28-2/h3,5,7,9-10,13,18H,4,6,8,11-12,14-17H2,1-2H3,(H,24,26)/t18-/m0/s1. The molecule has 2 heterocycles. The van der Waals surface area contributed by atoms with E-state index in [1.807, 2.05) is 36.4 Å². The normalized spacial score (nSPS) is 17.2. The third-order valence-corrected chi connectivity index (χ3v) is 5.39. The maximum atomic E-state index is 12.3. The number of ether oxygens (including phenoxy) is 2. The van der Waals surface area contributed by atoms with Crippen LogP contribution in [0.15, 0.2) is 40.8 Å². The third kappa shape index (κ3) is 6.91. The molecule has 1 aliphatic rings. The number of rotatable bonds is 10. The summed E-state index contributed by atoms with van der Waals surface area (Å²) in [6.45, 7) is 3.97. The van der Waals surface area contributed by atoms with Crippen LogP contribution in [0, 0.1) is 5.92 Å². The lowest BCUT2D eigenvalue weighted by molar-refractivity contribution is -0.121. The van der Waals surface area contributed by atoms with Gasteiger partial charge in [-0.3, -0.25) is 9.69 Å². The van der Waals surface area contributed by atoms with E-state index in [-0.39, 0.29) is 5.91 Å². The van der Waals surface area contributed by atoms with E-state index in [9.17, 15) is 4.79 Å². The van der Waals surface area contributed by atoms with E-state index in [4.69, 9.17) is 13.9 Å². The number of amides is 1. The lowest BCUT2D eigenvalue weighted by atomic mass is 9.93. The molecule has 0 bridgehead atoms. The van der Waals surface area contributed by atoms with Gasteiger partial charge in [-0.15, -0.1) is 0 Å². The first-order valence-corrected chi connectivity index (χ1v) is 10.3. The van der Waals surface area contributed by atoms with Crippen molar-refractivity contribution in [2.24, 2.45) is 5.92 Å². The van der Waals surface area contributed by atoms with Crippen molar-refractivity contribution in [2.75, 3.05) is 27.3 Å². The lowest BCUT2D eigenvalue weighted by Crippen LogP contribution is -2.35. The lowest BCUT2D eigenvalue weighted by Gasteiger charge is -2.32. The molecule has 1 N–H and O–H groups in total. The Morgan fingerprint density at radius 3 is 2.93 bits per heavy atom. The van der Waals surface area contributed by atoms with Crippen LogP contribution in [-0.2, 0) is 29.2 Å². The number of nitrogens with one attached hydrogen (secondary N) is 1. The predicted octanol–water partition coefficient (Wildman–Crippen LogP) is 3.74. The molecule has 29 heavy (non-hydrogen) atoms. The quantitative estimate of drug-likeness (QED) is 0.658. The first-order chi connectivity index (χ1) is 14.2. The van der Waals surface area contributed by atoms with Crippen LogP contribution in [0.1, 0.15) is 42.8 Å². The van der Waals surface area contributed by atoms with Gasteiger partial charge in [-0.1, -0.05) is 12.1 Å². The van der Waals surface area contributed by atoms with Crippen LogP contribution in [0.25, 0.3) is 0 Å². The van der Waals surface area contributed by atoms with Gasteiger partial charge in [-0.2, -0.15) is 0 Å². The second-order valence-electron chi connectivity index (χ2n) is 7.71. The summed E-state index contributed by atoms with van der Waals surface area (Å²) in [5, 5.41) is 3.02. The molecule has 1 amide bonds. The number of hydrogen-bond donors (Lipinski definition) is 1. The summed E-state index contributed by atoms with van der Waals surface area (Å²) in [6.07, 6.45) is 3.85. The van der Waals surface area contributed by atoms with Crippen LogP contribution < -0.4 is 10.1 Å².